The normalized spacial score (nSPS) is 15.2. The molecule has 260 valence electrons. The number of rotatable bonds is 21. The molecule has 13 nitrogen and oxygen atoms in total. The molecular weight excluding hydrogens is 590 g/mol. The molecule has 0 aliphatic heterocycles. The molecular formula is C33H57N7O6. The maximum atomic E-state index is 13.6. The largest absolute Gasteiger partial charge is 0.385 e. The van der Waals surface area contributed by atoms with Gasteiger partial charge in [0.25, 0.3) is 5.91 Å². The SMILES string of the molecule is CCNC(=O)C(NC(=O)[C@H](C)NCC(CC(C)C)NC(=O)[C@H](CCOC)NC(=O)C(NC(=O)c1ccncc1)[C@@H](C)CC)C(C)C. The van der Waals surface area contributed by atoms with Crippen molar-refractivity contribution in [1.29, 1.82) is 0 Å². The fraction of sp³-hybridized carbons (Fsp3) is 0.697. The number of carbonyl (C=O) groups is 5. The van der Waals surface area contributed by atoms with Crippen molar-refractivity contribution >= 4 is 29.5 Å². The van der Waals surface area contributed by atoms with Crippen LogP contribution in [-0.4, -0.2) is 91.5 Å². The molecule has 0 saturated carbocycles. The lowest BCUT2D eigenvalue weighted by Crippen LogP contribution is -2.58. The molecule has 3 unspecified atom stereocenters. The molecule has 0 aliphatic rings. The van der Waals surface area contributed by atoms with Gasteiger partial charge in [-0.3, -0.25) is 29.0 Å². The Morgan fingerprint density at radius 1 is 0.804 bits per heavy atom. The molecule has 0 fully saturated rings. The van der Waals surface area contributed by atoms with E-state index in [1.807, 2.05) is 48.5 Å². The molecule has 0 aliphatic carbocycles. The lowest BCUT2D eigenvalue weighted by Gasteiger charge is -2.29. The number of nitrogens with one attached hydrogen (secondary N) is 6. The van der Waals surface area contributed by atoms with E-state index < -0.39 is 41.9 Å². The minimum absolute atomic E-state index is 0.0983. The number of likely N-dealkylation sites (N-methyl/N-ethyl adjacent to an activating group) is 1. The van der Waals surface area contributed by atoms with Gasteiger partial charge in [0.05, 0.1) is 6.04 Å². The zero-order valence-corrected chi connectivity index (χ0v) is 29.1. The Hall–Kier alpha value is -3.58. The smallest absolute Gasteiger partial charge is 0.252 e. The van der Waals surface area contributed by atoms with E-state index in [4.69, 9.17) is 4.74 Å². The minimum atomic E-state index is -0.920. The van der Waals surface area contributed by atoms with Gasteiger partial charge in [-0.05, 0) is 56.6 Å². The predicted molar refractivity (Wildman–Crippen MR) is 178 cm³/mol. The Bertz CT molecular complexity index is 1100. The van der Waals surface area contributed by atoms with Crippen LogP contribution in [0.5, 0.6) is 0 Å². The van der Waals surface area contributed by atoms with Crippen molar-refractivity contribution in [2.45, 2.75) is 105 Å². The van der Waals surface area contributed by atoms with Gasteiger partial charge in [0, 0.05) is 50.8 Å². The first kappa shape index (κ1) is 40.4. The van der Waals surface area contributed by atoms with Crippen molar-refractivity contribution in [3.8, 4) is 0 Å². The van der Waals surface area contributed by atoms with Crippen LogP contribution in [0.4, 0.5) is 0 Å². The van der Waals surface area contributed by atoms with Crippen LogP contribution in [0, 0.1) is 17.8 Å². The van der Waals surface area contributed by atoms with Gasteiger partial charge in [-0.2, -0.15) is 0 Å². The molecule has 0 bridgehead atoms. The minimum Gasteiger partial charge on any atom is -0.385 e. The highest BCUT2D eigenvalue weighted by atomic mass is 16.5. The van der Waals surface area contributed by atoms with E-state index in [2.05, 4.69) is 36.9 Å². The Balaban J connectivity index is 3.00. The number of hydrogen-bond acceptors (Lipinski definition) is 8. The van der Waals surface area contributed by atoms with Crippen molar-refractivity contribution < 1.29 is 28.7 Å². The Labute approximate surface area is 274 Å². The predicted octanol–water partition coefficient (Wildman–Crippen LogP) is 1.53. The average Bonchev–Trinajstić information content (AvgIpc) is 3.02. The summed E-state index contributed by atoms with van der Waals surface area (Å²) >= 11 is 0. The van der Waals surface area contributed by atoms with Gasteiger partial charge >= 0.3 is 0 Å². The molecule has 5 amide bonds. The second-order valence-electron chi connectivity index (χ2n) is 12.5. The summed E-state index contributed by atoms with van der Waals surface area (Å²) in [6, 6.07) is -0.315. The first-order valence-electron chi connectivity index (χ1n) is 16.4. The number of pyridine rings is 1. The molecule has 0 radical (unpaired) electrons. The second-order valence-corrected chi connectivity index (χ2v) is 12.5. The molecule has 6 atom stereocenters. The Morgan fingerprint density at radius 2 is 1.46 bits per heavy atom. The maximum absolute atomic E-state index is 13.6. The van der Waals surface area contributed by atoms with Crippen LogP contribution in [0.25, 0.3) is 0 Å². The molecule has 1 heterocycles. The van der Waals surface area contributed by atoms with Crippen LogP contribution in [0.3, 0.4) is 0 Å². The number of carbonyl (C=O) groups excluding carboxylic acids is 5. The molecule has 46 heavy (non-hydrogen) atoms. The van der Waals surface area contributed by atoms with Gasteiger partial charge in [-0.25, -0.2) is 0 Å². The standard InChI is InChI=1S/C33H57N7O6/c1-10-22(7)28(40-30(42)24-12-15-34-16-13-24)33(45)38-26(14-17-46-9)31(43)37-25(18-20(3)4)19-36-23(8)29(41)39-27(21(5)6)32(44)35-11-2/h12-13,15-16,20-23,25-28,36H,10-11,14,17-19H2,1-9H3,(H,35,44)(H,37,43)(H,38,45)(H,39,41)(H,40,42)/t22-,23-,25?,26-,27?,28?/m0/s1. The van der Waals surface area contributed by atoms with E-state index in [1.54, 1.807) is 19.1 Å². The fourth-order valence-corrected chi connectivity index (χ4v) is 4.77. The van der Waals surface area contributed by atoms with Crippen molar-refractivity contribution in [3.63, 3.8) is 0 Å². The average molecular weight is 648 g/mol. The summed E-state index contributed by atoms with van der Waals surface area (Å²) in [6.45, 7) is 16.1. The summed E-state index contributed by atoms with van der Waals surface area (Å²) in [7, 11) is 1.52. The molecule has 0 saturated heterocycles. The molecule has 1 aromatic heterocycles. The highest BCUT2D eigenvalue weighted by Gasteiger charge is 2.31. The first-order chi connectivity index (χ1) is 21.7. The number of methoxy groups -OCH3 is 1. The van der Waals surface area contributed by atoms with Gasteiger partial charge in [0.1, 0.15) is 18.1 Å². The van der Waals surface area contributed by atoms with E-state index in [1.165, 1.54) is 19.5 Å². The molecule has 1 rings (SSSR count). The van der Waals surface area contributed by atoms with Crippen molar-refractivity contribution in [2.24, 2.45) is 17.8 Å². The molecule has 0 aromatic carbocycles. The van der Waals surface area contributed by atoms with Crippen LogP contribution in [0.2, 0.25) is 0 Å². The van der Waals surface area contributed by atoms with Crippen molar-refractivity contribution in [3.05, 3.63) is 30.1 Å². The zero-order valence-electron chi connectivity index (χ0n) is 29.1. The summed E-state index contributed by atoms with van der Waals surface area (Å²) in [4.78, 5) is 69.3. The molecule has 1 aromatic rings. The molecule has 6 N–H and O–H groups in total. The van der Waals surface area contributed by atoms with Gasteiger partial charge < -0.3 is 36.6 Å². The van der Waals surface area contributed by atoms with Crippen molar-refractivity contribution in [2.75, 3.05) is 26.8 Å². The summed E-state index contributed by atoms with van der Waals surface area (Å²) in [5.41, 5.74) is 0.376. The summed E-state index contributed by atoms with van der Waals surface area (Å²) in [5, 5.41) is 17.5. The lowest BCUT2D eigenvalue weighted by molar-refractivity contribution is -0.131. The third-order valence-electron chi connectivity index (χ3n) is 7.73. The van der Waals surface area contributed by atoms with Gasteiger partial charge in [0.15, 0.2) is 0 Å². The van der Waals surface area contributed by atoms with Crippen molar-refractivity contribution in [1.82, 2.24) is 36.9 Å². The summed E-state index contributed by atoms with van der Waals surface area (Å²) in [5.74, 6) is -1.91. The first-order valence-corrected chi connectivity index (χ1v) is 16.4. The number of amides is 5. The number of aromatic nitrogens is 1. The van der Waals surface area contributed by atoms with E-state index >= 15 is 0 Å². The lowest BCUT2D eigenvalue weighted by atomic mass is 9.97. The third kappa shape index (κ3) is 14.2. The summed E-state index contributed by atoms with van der Waals surface area (Å²) in [6.07, 6.45) is 4.46. The van der Waals surface area contributed by atoms with E-state index in [0.29, 0.717) is 24.9 Å². The van der Waals surface area contributed by atoms with Crippen LogP contribution in [0.15, 0.2) is 24.5 Å². The highest BCUT2D eigenvalue weighted by Crippen LogP contribution is 2.11. The number of ether oxygens (including phenoxy) is 1. The van der Waals surface area contributed by atoms with Crippen LogP contribution in [0.1, 0.15) is 85.0 Å². The monoisotopic (exact) mass is 647 g/mol. The van der Waals surface area contributed by atoms with Gasteiger partial charge in [-0.15, -0.1) is 0 Å². The Kier molecular flexibility index (Phi) is 18.7. The van der Waals surface area contributed by atoms with Crippen LogP contribution < -0.4 is 31.9 Å². The third-order valence-corrected chi connectivity index (χ3v) is 7.73. The second kappa shape index (κ2) is 21.3. The number of hydrogen-bond donors (Lipinski definition) is 6. The van der Waals surface area contributed by atoms with E-state index in [9.17, 15) is 24.0 Å². The van der Waals surface area contributed by atoms with E-state index in [-0.39, 0.29) is 55.2 Å². The van der Waals surface area contributed by atoms with Gasteiger partial charge in [0.2, 0.25) is 23.6 Å². The van der Waals surface area contributed by atoms with Gasteiger partial charge in [-0.1, -0.05) is 48.0 Å². The quantitative estimate of drug-likeness (QED) is 0.116. The Morgan fingerprint density at radius 3 is 2.00 bits per heavy atom. The summed E-state index contributed by atoms with van der Waals surface area (Å²) < 4.78 is 5.22. The van der Waals surface area contributed by atoms with Crippen LogP contribution in [-0.2, 0) is 23.9 Å². The number of nitrogens with zero attached hydrogens (tertiary/aromatic N) is 1. The molecule has 0 spiro atoms. The zero-order chi connectivity index (χ0) is 34.8. The molecule has 13 heteroatoms. The van der Waals surface area contributed by atoms with Crippen LogP contribution >= 0.6 is 0 Å². The highest BCUT2D eigenvalue weighted by molar-refractivity contribution is 5.98. The van der Waals surface area contributed by atoms with E-state index in [0.717, 1.165) is 0 Å². The topological polar surface area (TPSA) is 180 Å². The fourth-order valence-electron chi connectivity index (χ4n) is 4.77. The maximum Gasteiger partial charge on any atom is 0.252 e.